The number of ether oxygens (including phenoxy) is 1. The summed E-state index contributed by atoms with van der Waals surface area (Å²) in [5.41, 5.74) is 0.614. The molecular formula is C19H27N3O4S. The van der Waals surface area contributed by atoms with Gasteiger partial charge in [-0.15, -0.1) is 0 Å². The van der Waals surface area contributed by atoms with Gasteiger partial charge in [-0.3, -0.25) is 4.79 Å². The summed E-state index contributed by atoms with van der Waals surface area (Å²) in [5.74, 6) is 0.0992. The molecule has 0 bridgehead atoms. The SMILES string of the molecule is CNS(=O)(=O)c1cc(/C=C/C(=O)NC2CCN(C3CC3)CC2)ccc1OC. The summed E-state index contributed by atoms with van der Waals surface area (Å²) in [4.78, 5) is 14.8. The molecule has 0 atom stereocenters. The van der Waals surface area contributed by atoms with E-state index < -0.39 is 10.0 Å². The number of nitrogens with one attached hydrogen (secondary N) is 2. The molecule has 7 nitrogen and oxygen atoms in total. The molecule has 0 radical (unpaired) electrons. The van der Waals surface area contributed by atoms with Crippen molar-refractivity contribution in [3.05, 3.63) is 29.8 Å². The van der Waals surface area contributed by atoms with Crippen LogP contribution in [0.5, 0.6) is 5.75 Å². The molecule has 1 heterocycles. The topological polar surface area (TPSA) is 87.7 Å². The zero-order valence-electron chi connectivity index (χ0n) is 15.8. The van der Waals surface area contributed by atoms with Crippen LogP contribution in [0.4, 0.5) is 0 Å². The van der Waals surface area contributed by atoms with E-state index in [9.17, 15) is 13.2 Å². The van der Waals surface area contributed by atoms with Crippen molar-refractivity contribution >= 4 is 22.0 Å². The minimum Gasteiger partial charge on any atom is -0.495 e. The first-order chi connectivity index (χ1) is 12.9. The van der Waals surface area contributed by atoms with Crippen LogP contribution in [-0.2, 0) is 14.8 Å². The minimum absolute atomic E-state index is 0.0440. The van der Waals surface area contributed by atoms with Crippen LogP contribution in [0.15, 0.2) is 29.2 Å². The summed E-state index contributed by atoms with van der Waals surface area (Å²) >= 11 is 0. The maximum atomic E-state index is 12.2. The van der Waals surface area contributed by atoms with Gasteiger partial charge in [-0.2, -0.15) is 0 Å². The van der Waals surface area contributed by atoms with Crippen LogP contribution in [0.25, 0.3) is 6.08 Å². The molecule has 8 heteroatoms. The van der Waals surface area contributed by atoms with E-state index in [1.54, 1.807) is 18.2 Å². The Morgan fingerprint density at radius 1 is 1.22 bits per heavy atom. The maximum Gasteiger partial charge on any atom is 0.244 e. The highest BCUT2D eigenvalue weighted by Gasteiger charge is 2.31. The van der Waals surface area contributed by atoms with Gasteiger partial charge >= 0.3 is 0 Å². The molecule has 2 N–H and O–H groups in total. The average molecular weight is 394 g/mol. The van der Waals surface area contributed by atoms with Gasteiger partial charge in [0.05, 0.1) is 7.11 Å². The zero-order valence-corrected chi connectivity index (χ0v) is 16.6. The highest BCUT2D eigenvalue weighted by Crippen LogP contribution is 2.29. The number of benzene rings is 1. The average Bonchev–Trinajstić information content (AvgIpc) is 3.52. The summed E-state index contributed by atoms with van der Waals surface area (Å²) < 4.78 is 31.6. The molecule has 1 aromatic carbocycles. The van der Waals surface area contributed by atoms with Crippen molar-refractivity contribution in [2.24, 2.45) is 0 Å². The number of carbonyl (C=O) groups excluding carboxylic acids is 1. The van der Waals surface area contributed by atoms with E-state index in [0.717, 1.165) is 32.0 Å². The predicted octanol–water partition coefficient (Wildman–Crippen LogP) is 1.36. The van der Waals surface area contributed by atoms with Crippen LogP contribution in [0.1, 0.15) is 31.2 Å². The van der Waals surface area contributed by atoms with Gasteiger partial charge in [-0.25, -0.2) is 13.1 Å². The molecule has 0 spiro atoms. The van der Waals surface area contributed by atoms with E-state index >= 15 is 0 Å². The molecule has 1 amide bonds. The zero-order chi connectivity index (χ0) is 19.4. The Morgan fingerprint density at radius 2 is 1.93 bits per heavy atom. The van der Waals surface area contributed by atoms with E-state index in [-0.39, 0.29) is 22.6 Å². The molecule has 1 aliphatic carbocycles. The first kappa shape index (κ1) is 19.9. The van der Waals surface area contributed by atoms with Crippen LogP contribution in [0, 0.1) is 0 Å². The van der Waals surface area contributed by atoms with Gasteiger partial charge in [-0.1, -0.05) is 6.07 Å². The first-order valence-electron chi connectivity index (χ1n) is 9.27. The Hall–Kier alpha value is -1.90. The molecule has 0 aromatic heterocycles. The molecule has 2 aliphatic rings. The second kappa shape index (κ2) is 8.41. The van der Waals surface area contributed by atoms with Crippen LogP contribution >= 0.6 is 0 Å². The highest BCUT2D eigenvalue weighted by atomic mass is 32.2. The number of hydrogen-bond donors (Lipinski definition) is 2. The second-order valence-corrected chi connectivity index (χ2v) is 8.86. The van der Waals surface area contributed by atoms with Crippen molar-refractivity contribution in [3.8, 4) is 5.75 Å². The Bertz CT molecular complexity index is 810. The molecule has 3 rings (SSSR count). The fourth-order valence-electron chi connectivity index (χ4n) is 3.39. The maximum absolute atomic E-state index is 12.2. The number of piperidine rings is 1. The summed E-state index contributed by atoms with van der Waals surface area (Å²) in [7, 11) is -0.881. The molecule has 1 saturated carbocycles. The number of amides is 1. The van der Waals surface area contributed by atoms with Gasteiger partial charge in [0, 0.05) is 31.2 Å². The normalized spacial score (nSPS) is 19.3. The van der Waals surface area contributed by atoms with E-state index in [2.05, 4.69) is 14.9 Å². The fraction of sp³-hybridized carbons (Fsp3) is 0.526. The number of sulfonamides is 1. The summed E-state index contributed by atoms with van der Waals surface area (Å²) in [6.45, 7) is 2.09. The lowest BCUT2D eigenvalue weighted by Crippen LogP contribution is -2.44. The van der Waals surface area contributed by atoms with E-state index in [4.69, 9.17) is 4.74 Å². The fourth-order valence-corrected chi connectivity index (χ4v) is 4.31. The van der Waals surface area contributed by atoms with Crippen molar-refractivity contribution in [2.75, 3.05) is 27.2 Å². The third kappa shape index (κ3) is 5.09. The molecule has 0 unspecified atom stereocenters. The summed E-state index contributed by atoms with van der Waals surface area (Å²) in [5, 5.41) is 3.04. The van der Waals surface area contributed by atoms with Crippen molar-refractivity contribution < 1.29 is 17.9 Å². The largest absolute Gasteiger partial charge is 0.495 e. The Labute approximate surface area is 160 Å². The third-order valence-electron chi connectivity index (χ3n) is 5.11. The van der Waals surface area contributed by atoms with Gasteiger partial charge in [0.25, 0.3) is 0 Å². The van der Waals surface area contributed by atoms with Gasteiger partial charge < -0.3 is 15.0 Å². The Balaban J connectivity index is 1.60. The van der Waals surface area contributed by atoms with Crippen molar-refractivity contribution in [3.63, 3.8) is 0 Å². The molecule has 27 heavy (non-hydrogen) atoms. The van der Waals surface area contributed by atoms with Crippen LogP contribution in [-0.4, -0.2) is 58.6 Å². The molecule has 148 valence electrons. The van der Waals surface area contributed by atoms with Gasteiger partial charge in [-0.05, 0) is 56.5 Å². The van der Waals surface area contributed by atoms with Crippen molar-refractivity contribution in [1.29, 1.82) is 0 Å². The molecular weight excluding hydrogens is 366 g/mol. The van der Waals surface area contributed by atoms with Gasteiger partial charge in [0.2, 0.25) is 15.9 Å². The number of carbonyl (C=O) groups is 1. The van der Waals surface area contributed by atoms with E-state index in [0.29, 0.717) is 5.56 Å². The predicted molar refractivity (Wildman–Crippen MR) is 104 cm³/mol. The van der Waals surface area contributed by atoms with Crippen LogP contribution < -0.4 is 14.8 Å². The highest BCUT2D eigenvalue weighted by molar-refractivity contribution is 7.89. The molecule has 2 fully saturated rings. The summed E-state index contributed by atoms with van der Waals surface area (Å²) in [6.07, 6.45) is 7.64. The molecule has 1 aliphatic heterocycles. The number of hydrogen-bond acceptors (Lipinski definition) is 5. The lowest BCUT2D eigenvalue weighted by molar-refractivity contribution is -0.117. The van der Waals surface area contributed by atoms with E-state index in [1.165, 1.54) is 39.1 Å². The van der Waals surface area contributed by atoms with Gasteiger partial charge in [0.15, 0.2) is 0 Å². The molecule has 1 saturated heterocycles. The lowest BCUT2D eigenvalue weighted by Gasteiger charge is -2.32. The van der Waals surface area contributed by atoms with E-state index in [1.807, 2.05) is 0 Å². The van der Waals surface area contributed by atoms with Gasteiger partial charge in [0.1, 0.15) is 10.6 Å². The first-order valence-corrected chi connectivity index (χ1v) is 10.8. The standard InChI is InChI=1S/C19H27N3O4S/c1-20-27(24,25)18-13-14(3-7-17(18)26-2)4-8-19(23)21-15-9-11-22(12-10-15)16-5-6-16/h3-4,7-8,13,15-16,20H,5-6,9-12H2,1-2H3,(H,21,23)/b8-4+. The monoisotopic (exact) mass is 393 g/mol. The molecule has 1 aromatic rings. The quantitative estimate of drug-likeness (QED) is 0.683. The minimum atomic E-state index is -3.65. The number of methoxy groups -OCH3 is 1. The number of nitrogens with zero attached hydrogens (tertiary/aromatic N) is 1. The third-order valence-corrected chi connectivity index (χ3v) is 6.55. The Kier molecular flexibility index (Phi) is 6.18. The number of rotatable bonds is 7. The van der Waals surface area contributed by atoms with Crippen LogP contribution in [0.3, 0.4) is 0 Å². The summed E-state index contributed by atoms with van der Waals surface area (Å²) in [6, 6.07) is 5.76. The number of likely N-dealkylation sites (tertiary alicyclic amines) is 1. The lowest BCUT2D eigenvalue weighted by atomic mass is 10.0. The van der Waals surface area contributed by atoms with Crippen LogP contribution in [0.2, 0.25) is 0 Å². The smallest absolute Gasteiger partial charge is 0.244 e. The Morgan fingerprint density at radius 3 is 2.52 bits per heavy atom. The van der Waals surface area contributed by atoms with Crippen molar-refractivity contribution in [2.45, 2.75) is 42.7 Å². The van der Waals surface area contributed by atoms with Crippen molar-refractivity contribution in [1.82, 2.24) is 14.9 Å². The second-order valence-electron chi connectivity index (χ2n) is 7.00.